The van der Waals surface area contributed by atoms with Crippen molar-refractivity contribution in [3.63, 3.8) is 0 Å². The number of hydrogen-bond acceptors (Lipinski definition) is 3. The van der Waals surface area contributed by atoms with Crippen molar-refractivity contribution >= 4 is 5.97 Å². The van der Waals surface area contributed by atoms with Gasteiger partial charge in [-0.05, 0) is 0 Å². The number of rotatable bonds is 4. The summed E-state index contributed by atoms with van der Waals surface area (Å²) in [6, 6.07) is 1.52. The average molecular weight is 231 g/mol. The first kappa shape index (κ1) is 12.4. The molecule has 1 aromatic rings. The number of carboxylic acid groups (broad SMARTS) is 1. The van der Waals surface area contributed by atoms with Crippen LogP contribution in [0.2, 0.25) is 0 Å². The van der Waals surface area contributed by atoms with Crippen LogP contribution in [0.3, 0.4) is 0 Å². The van der Waals surface area contributed by atoms with Crippen LogP contribution >= 0.6 is 0 Å². The Morgan fingerprint density at radius 3 is 2.62 bits per heavy atom. The van der Waals surface area contributed by atoms with E-state index in [0.717, 1.165) is 6.07 Å². The van der Waals surface area contributed by atoms with Crippen LogP contribution in [0.4, 0.5) is 8.78 Å². The molecule has 0 aliphatic heterocycles. The molecule has 0 saturated carbocycles. The first-order valence-electron chi connectivity index (χ1n) is 4.47. The third kappa shape index (κ3) is 2.27. The Hall–Kier alpha value is -1.69. The fraction of sp³-hybridized carbons (Fsp3) is 0.300. The van der Waals surface area contributed by atoms with Gasteiger partial charge in [0.25, 0.3) is 0 Å². The van der Waals surface area contributed by atoms with Crippen LogP contribution in [0.15, 0.2) is 12.1 Å². The molecule has 0 bridgehead atoms. The van der Waals surface area contributed by atoms with E-state index in [1.165, 1.54) is 7.11 Å². The Kier molecular flexibility index (Phi) is 3.78. The lowest BCUT2D eigenvalue weighted by atomic mass is 9.97. The van der Waals surface area contributed by atoms with E-state index in [9.17, 15) is 13.6 Å². The van der Waals surface area contributed by atoms with Gasteiger partial charge in [0.1, 0.15) is 23.3 Å². The number of methoxy groups -OCH3 is 1. The molecule has 1 rings (SSSR count). The SMILES string of the molecule is COc1cc(F)cc(F)c1C(CN)C(=O)O. The van der Waals surface area contributed by atoms with Gasteiger partial charge in [0, 0.05) is 24.2 Å². The molecule has 88 valence electrons. The summed E-state index contributed by atoms with van der Waals surface area (Å²) < 4.78 is 31.1. The van der Waals surface area contributed by atoms with Crippen molar-refractivity contribution < 1.29 is 23.4 Å². The molecule has 16 heavy (non-hydrogen) atoms. The Morgan fingerprint density at radius 2 is 2.19 bits per heavy atom. The molecule has 6 heteroatoms. The third-order valence-electron chi connectivity index (χ3n) is 2.16. The monoisotopic (exact) mass is 231 g/mol. The molecule has 0 aliphatic rings. The van der Waals surface area contributed by atoms with E-state index in [-0.39, 0.29) is 17.9 Å². The Bertz CT molecular complexity index is 409. The molecule has 3 N–H and O–H groups in total. The third-order valence-corrected chi connectivity index (χ3v) is 2.16. The number of benzene rings is 1. The van der Waals surface area contributed by atoms with Crippen molar-refractivity contribution in [2.75, 3.05) is 13.7 Å². The molecule has 0 saturated heterocycles. The smallest absolute Gasteiger partial charge is 0.312 e. The molecule has 1 aromatic carbocycles. The van der Waals surface area contributed by atoms with Crippen LogP contribution in [0.1, 0.15) is 11.5 Å². The first-order valence-corrected chi connectivity index (χ1v) is 4.47. The van der Waals surface area contributed by atoms with E-state index >= 15 is 0 Å². The molecule has 0 spiro atoms. The summed E-state index contributed by atoms with van der Waals surface area (Å²) in [6.45, 7) is -0.297. The van der Waals surface area contributed by atoms with Gasteiger partial charge in [-0.15, -0.1) is 0 Å². The first-order chi connectivity index (χ1) is 7.51. The van der Waals surface area contributed by atoms with Crippen molar-refractivity contribution in [2.24, 2.45) is 5.73 Å². The van der Waals surface area contributed by atoms with Crippen molar-refractivity contribution in [2.45, 2.75) is 5.92 Å². The zero-order valence-corrected chi connectivity index (χ0v) is 8.54. The quantitative estimate of drug-likeness (QED) is 0.813. The fourth-order valence-corrected chi connectivity index (χ4v) is 1.41. The van der Waals surface area contributed by atoms with Gasteiger partial charge in [-0.1, -0.05) is 0 Å². The van der Waals surface area contributed by atoms with E-state index in [1.807, 2.05) is 0 Å². The van der Waals surface area contributed by atoms with Crippen LogP contribution in [-0.4, -0.2) is 24.7 Å². The van der Waals surface area contributed by atoms with E-state index in [4.69, 9.17) is 15.6 Å². The highest BCUT2D eigenvalue weighted by molar-refractivity contribution is 5.77. The van der Waals surface area contributed by atoms with Gasteiger partial charge in [-0.3, -0.25) is 4.79 Å². The standard InChI is InChI=1S/C10H11F2NO3/c1-16-8-3-5(11)2-7(12)9(8)6(4-13)10(14)15/h2-3,6H,4,13H2,1H3,(H,14,15). The van der Waals surface area contributed by atoms with Crippen molar-refractivity contribution in [3.8, 4) is 5.75 Å². The van der Waals surface area contributed by atoms with Gasteiger partial charge in [0.05, 0.1) is 7.11 Å². The zero-order chi connectivity index (χ0) is 12.3. The molecule has 1 unspecified atom stereocenters. The maximum atomic E-state index is 13.5. The molecule has 0 heterocycles. The van der Waals surface area contributed by atoms with E-state index < -0.39 is 23.5 Å². The van der Waals surface area contributed by atoms with Gasteiger partial charge >= 0.3 is 5.97 Å². The van der Waals surface area contributed by atoms with Gasteiger partial charge in [0.15, 0.2) is 0 Å². The van der Waals surface area contributed by atoms with Crippen molar-refractivity contribution in [3.05, 3.63) is 29.3 Å². The number of halogens is 2. The van der Waals surface area contributed by atoms with E-state index in [0.29, 0.717) is 6.07 Å². The average Bonchev–Trinajstić information content (AvgIpc) is 2.21. The fourth-order valence-electron chi connectivity index (χ4n) is 1.41. The molecule has 0 aliphatic carbocycles. The lowest BCUT2D eigenvalue weighted by Gasteiger charge is -2.15. The Morgan fingerprint density at radius 1 is 1.56 bits per heavy atom. The largest absolute Gasteiger partial charge is 0.496 e. The summed E-state index contributed by atoms with van der Waals surface area (Å²) in [5.41, 5.74) is 5.00. The molecule has 0 aromatic heterocycles. The minimum Gasteiger partial charge on any atom is -0.496 e. The number of aliphatic carboxylic acids is 1. The molecule has 4 nitrogen and oxygen atoms in total. The van der Waals surface area contributed by atoms with Crippen molar-refractivity contribution in [1.82, 2.24) is 0 Å². The van der Waals surface area contributed by atoms with Crippen molar-refractivity contribution in [1.29, 1.82) is 0 Å². The van der Waals surface area contributed by atoms with Crippen LogP contribution in [-0.2, 0) is 4.79 Å². The Labute approximate surface area is 90.6 Å². The summed E-state index contributed by atoms with van der Waals surface area (Å²) in [5.74, 6) is -4.51. The van der Waals surface area contributed by atoms with E-state index in [1.54, 1.807) is 0 Å². The molecule has 0 amide bonds. The highest BCUT2D eigenvalue weighted by Gasteiger charge is 2.26. The summed E-state index contributed by atoms with van der Waals surface area (Å²) in [5, 5.41) is 8.84. The lowest BCUT2D eigenvalue weighted by Crippen LogP contribution is -2.23. The lowest BCUT2D eigenvalue weighted by molar-refractivity contribution is -0.138. The maximum Gasteiger partial charge on any atom is 0.312 e. The van der Waals surface area contributed by atoms with Crippen LogP contribution in [0.25, 0.3) is 0 Å². The second-order valence-electron chi connectivity index (χ2n) is 3.13. The van der Waals surface area contributed by atoms with E-state index in [2.05, 4.69) is 0 Å². The maximum absolute atomic E-state index is 13.5. The topological polar surface area (TPSA) is 72.5 Å². The number of hydrogen-bond donors (Lipinski definition) is 2. The second-order valence-corrected chi connectivity index (χ2v) is 3.13. The summed E-state index contributed by atoms with van der Waals surface area (Å²) in [4.78, 5) is 10.8. The summed E-state index contributed by atoms with van der Waals surface area (Å²) >= 11 is 0. The second kappa shape index (κ2) is 4.89. The molecule has 1 atom stereocenters. The van der Waals surface area contributed by atoms with Crippen LogP contribution in [0.5, 0.6) is 5.75 Å². The minimum atomic E-state index is -1.29. The molecular weight excluding hydrogens is 220 g/mol. The summed E-state index contributed by atoms with van der Waals surface area (Å²) in [7, 11) is 1.20. The van der Waals surface area contributed by atoms with Gasteiger partial charge in [-0.25, -0.2) is 8.78 Å². The molecule has 0 radical (unpaired) electrons. The highest BCUT2D eigenvalue weighted by atomic mass is 19.1. The van der Waals surface area contributed by atoms with Gasteiger partial charge in [-0.2, -0.15) is 0 Å². The minimum absolute atomic E-state index is 0.157. The molecular formula is C10H11F2NO3. The Balaban J connectivity index is 3.35. The number of ether oxygens (including phenoxy) is 1. The van der Waals surface area contributed by atoms with Gasteiger partial charge < -0.3 is 15.6 Å². The predicted octanol–water partition coefficient (Wildman–Crippen LogP) is 1.10. The number of carboxylic acids is 1. The zero-order valence-electron chi connectivity index (χ0n) is 8.54. The predicted molar refractivity (Wildman–Crippen MR) is 52.3 cm³/mol. The summed E-state index contributed by atoms with van der Waals surface area (Å²) in [6.07, 6.45) is 0. The number of carbonyl (C=O) groups is 1. The van der Waals surface area contributed by atoms with Crippen LogP contribution < -0.4 is 10.5 Å². The number of nitrogens with two attached hydrogens (primary N) is 1. The normalized spacial score (nSPS) is 12.2. The highest BCUT2D eigenvalue weighted by Crippen LogP contribution is 2.30. The molecule has 0 fully saturated rings. The van der Waals surface area contributed by atoms with Gasteiger partial charge in [0.2, 0.25) is 0 Å². The van der Waals surface area contributed by atoms with Crippen LogP contribution in [0, 0.1) is 11.6 Å².